The lowest BCUT2D eigenvalue weighted by molar-refractivity contribution is 0.230. The zero-order chi connectivity index (χ0) is 12.3. The van der Waals surface area contributed by atoms with Gasteiger partial charge >= 0.3 is 0 Å². The largest absolute Gasteiger partial charge is 0.313 e. The summed E-state index contributed by atoms with van der Waals surface area (Å²) in [4.78, 5) is 0. The molecule has 3 unspecified atom stereocenters. The van der Waals surface area contributed by atoms with Crippen molar-refractivity contribution in [3.05, 3.63) is 18.0 Å². The molecule has 1 heterocycles. The van der Waals surface area contributed by atoms with E-state index in [9.17, 15) is 0 Å². The summed E-state index contributed by atoms with van der Waals surface area (Å²) in [5.74, 6) is 1.66. The van der Waals surface area contributed by atoms with Gasteiger partial charge in [0.15, 0.2) is 0 Å². The molecular formula is C14H25N3. The summed E-state index contributed by atoms with van der Waals surface area (Å²) in [6.45, 7) is 5.47. The van der Waals surface area contributed by atoms with Gasteiger partial charge < -0.3 is 5.32 Å². The fraction of sp³-hybridized carbons (Fsp3) is 0.786. The standard InChI is InChI=1S/C14H25N3/c1-4-17-10-13(9-16-17)14(15-3)12-7-5-6-11(2)8-12/h9-12,14-15H,4-8H2,1-3H3. The summed E-state index contributed by atoms with van der Waals surface area (Å²) in [7, 11) is 2.08. The minimum absolute atomic E-state index is 0.484. The molecule has 3 heteroatoms. The van der Waals surface area contributed by atoms with Crippen LogP contribution in [-0.4, -0.2) is 16.8 Å². The molecule has 1 fully saturated rings. The van der Waals surface area contributed by atoms with Crippen LogP contribution in [0.3, 0.4) is 0 Å². The first-order valence-corrected chi connectivity index (χ1v) is 6.94. The lowest BCUT2D eigenvalue weighted by Gasteiger charge is -2.32. The number of nitrogens with zero attached hydrogens (tertiary/aromatic N) is 2. The SMILES string of the molecule is CCn1cc(C(NC)C2CCCC(C)C2)cn1. The topological polar surface area (TPSA) is 29.9 Å². The van der Waals surface area contributed by atoms with Gasteiger partial charge in [0.05, 0.1) is 6.20 Å². The van der Waals surface area contributed by atoms with Crippen LogP contribution in [-0.2, 0) is 6.54 Å². The Kier molecular flexibility index (Phi) is 4.21. The number of aryl methyl sites for hydroxylation is 1. The summed E-state index contributed by atoms with van der Waals surface area (Å²) < 4.78 is 2.02. The van der Waals surface area contributed by atoms with Gasteiger partial charge in [0, 0.05) is 24.3 Å². The Bertz CT molecular complexity index is 345. The Balaban J connectivity index is 2.09. The molecule has 1 N–H and O–H groups in total. The number of nitrogens with one attached hydrogen (secondary N) is 1. The summed E-state index contributed by atoms with van der Waals surface area (Å²) in [5.41, 5.74) is 1.36. The van der Waals surface area contributed by atoms with Gasteiger partial charge in [0.2, 0.25) is 0 Å². The highest BCUT2D eigenvalue weighted by Gasteiger charge is 2.27. The van der Waals surface area contributed by atoms with Crippen LogP contribution in [0.1, 0.15) is 51.1 Å². The highest BCUT2D eigenvalue weighted by molar-refractivity contribution is 5.12. The van der Waals surface area contributed by atoms with Crippen LogP contribution in [0.4, 0.5) is 0 Å². The van der Waals surface area contributed by atoms with Crippen molar-refractivity contribution in [3.8, 4) is 0 Å². The van der Waals surface area contributed by atoms with Crippen molar-refractivity contribution in [3.63, 3.8) is 0 Å². The van der Waals surface area contributed by atoms with Crippen molar-refractivity contribution in [1.29, 1.82) is 0 Å². The van der Waals surface area contributed by atoms with E-state index >= 15 is 0 Å². The van der Waals surface area contributed by atoms with Gasteiger partial charge in [-0.05, 0) is 38.6 Å². The second-order valence-electron chi connectivity index (χ2n) is 5.43. The zero-order valence-corrected chi connectivity index (χ0v) is 11.3. The van der Waals surface area contributed by atoms with Crippen molar-refractivity contribution < 1.29 is 0 Å². The molecule has 1 aliphatic rings. The molecule has 1 saturated carbocycles. The smallest absolute Gasteiger partial charge is 0.0537 e. The predicted octanol–water partition coefficient (Wildman–Crippen LogP) is 2.99. The molecule has 0 amide bonds. The molecule has 17 heavy (non-hydrogen) atoms. The minimum atomic E-state index is 0.484. The second kappa shape index (κ2) is 5.67. The Morgan fingerprint density at radius 2 is 2.35 bits per heavy atom. The third-order valence-electron chi connectivity index (χ3n) is 4.10. The highest BCUT2D eigenvalue weighted by Crippen LogP contribution is 2.36. The van der Waals surface area contributed by atoms with Crippen LogP contribution in [0.2, 0.25) is 0 Å². The zero-order valence-electron chi connectivity index (χ0n) is 11.3. The fourth-order valence-electron chi connectivity index (χ4n) is 3.17. The number of aromatic nitrogens is 2. The summed E-state index contributed by atoms with van der Waals surface area (Å²) in [5, 5.41) is 7.89. The third-order valence-corrected chi connectivity index (χ3v) is 4.10. The van der Waals surface area contributed by atoms with E-state index in [4.69, 9.17) is 0 Å². The Hall–Kier alpha value is -0.830. The number of hydrogen-bond acceptors (Lipinski definition) is 2. The molecule has 3 nitrogen and oxygen atoms in total. The minimum Gasteiger partial charge on any atom is -0.313 e. The van der Waals surface area contributed by atoms with E-state index in [2.05, 4.69) is 37.5 Å². The van der Waals surface area contributed by atoms with Gasteiger partial charge in [0.1, 0.15) is 0 Å². The molecule has 0 spiro atoms. The number of rotatable bonds is 4. The molecule has 1 aromatic heterocycles. The molecule has 3 atom stereocenters. The Labute approximate surface area is 105 Å². The van der Waals surface area contributed by atoms with Crippen LogP contribution in [0.5, 0.6) is 0 Å². The normalized spacial score (nSPS) is 27.0. The van der Waals surface area contributed by atoms with Crippen LogP contribution in [0, 0.1) is 11.8 Å². The van der Waals surface area contributed by atoms with E-state index in [1.165, 1.54) is 31.2 Å². The molecule has 0 bridgehead atoms. The third kappa shape index (κ3) is 2.89. The van der Waals surface area contributed by atoms with Gasteiger partial charge in [0.25, 0.3) is 0 Å². The average Bonchev–Trinajstić information content (AvgIpc) is 2.79. The first-order valence-electron chi connectivity index (χ1n) is 6.94. The van der Waals surface area contributed by atoms with Gasteiger partial charge in [-0.25, -0.2) is 0 Å². The van der Waals surface area contributed by atoms with E-state index in [0.29, 0.717) is 6.04 Å². The van der Waals surface area contributed by atoms with Crippen LogP contribution >= 0.6 is 0 Å². The van der Waals surface area contributed by atoms with Crippen LogP contribution in [0.25, 0.3) is 0 Å². The molecule has 0 aromatic carbocycles. The van der Waals surface area contributed by atoms with Crippen LogP contribution < -0.4 is 5.32 Å². The van der Waals surface area contributed by atoms with Crippen molar-refractivity contribution in [2.45, 2.75) is 52.1 Å². The fourth-order valence-corrected chi connectivity index (χ4v) is 3.17. The van der Waals surface area contributed by atoms with E-state index in [1.54, 1.807) is 0 Å². The molecule has 1 aromatic rings. The molecule has 0 radical (unpaired) electrons. The Morgan fingerprint density at radius 3 is 2.94 bits per heavy atom. The van der Waals surface area contributed by atoms with Crippen LogP contribution in [0.15, 0.2) is 12.4 Å². The average molecular weight is 235 g/mol. The first kappa shape index (κ1) is 12.6. The van der Waals surface area contributed by atoms with E-state index in [0.717, 1.165) is 18.4 Å². The van der Waals surface area contributed by atoms with Gasteiger partial charge in [-0.2, -0.15) is 5.10 Å². The van der Waals surface area contributed by atoms with Crippen molar-refractivity contribution in [2.24, 2.45) is 11.8 Å². The maximum atomic E-state index is 4.39. The molecular weight excluding hydrogens is 210 g/mol. The Morgan fingerprint density at radius 1 is 1.53 bits per heavy atom. The maximum absolute atomic E-state index is 4.39. The molecule has 0 aliphatic heterocycles. The predicted molar refractivity (Wildman–Crippen MR) is 70.8 cm³/mol. The molecule has 2 rings (SSSR count). The van der Waals surface area contributed by atoms with E-state index in [-0.39, 0.29) is 0 Å². The van der Waals surface area contributed by atoms with Crippen molar-refractivity contribution in [1.82, 2.24) is 15.1 Å². The molecule has 0 saturated heterocycles. The monoisotopic (exact) mass is 235 g/mol. The summed E-state index contributed by atoms with van der Waals surface area (Å²) in [6, 6.07) is 0.484. The van der Waals surface area contributed by atoms with E-state index in [1.807, 2.05) is 10.9 Å². The maximum Gasteiger partial charge on any atom is 0.0537 e. The first-order chi connectivity index (χ1) is 8.24. The second-order valence-corrected chi connectivity index (χ2v) is 5.43. The molecule has 96 valence electrons. The lowest BCUT2D eigenvalue weighted by Crippen LogP contribution is -2.28. The highest BCUT2D eigenvalue weighted by atomic mass is 15.3. The van der Waals surface area contributed by atoms with E-state index < -0.39 is 0 Å². The van der Waals surface area contributed by atoms with Crippen molar-refractivity contribution >= 4 is 0 Å². The quantitative estimate of drug-likeness (QED) is 0.869. The summed E-state index contributed by atoms with van der Waals surface area (Å²) in [6.07, 6.45) is 9.72. The lowest BCUT2D eigenvalue weighted by atomic mass is 9.77. The van der Waals surface area contributed by atoms with Gasteiger partial charge in [-0.15, -0.1) is 0 Å². The van der Waals surface area contributed by atoms with Crippen molar-refractivity contribution in [2.75, 3.05) is 7.05 Å². The van der Waals surface area contributed by atoms with Gasteiger partial charge in [-0.3, -0.25) is 4.68 Å². The summed E-state index contributed by atoms with van der Waals surface area (Å²) >= 11 is 0. The number of hydrogen-bond donors (Lipinski definition) is 1. The van der Waals surface area contributed by atoms with Gasteiger partial charge in [-0.1, -0.05) is 19.8 Å². The molecule has 1 aliphatic carbocycles.